The van der Waals surface area contributed by atoms with E-state index in [1.54, 1.807) is 4.68 Å². The summed E-state index contributed by atoms with van der Waals surface area (Å²) in [6.45, 7) is 8.87. The standard InChI is InChI=1S/C15H19BrN2O/c1-10-5-7-11(8-6-10)9-18-14(19)12(16)13(17-18)15(2,3)4/h5-8,17H,9H2,1-4H3. The molecule has 0 saturated carbocycles. The van der Waals surface area contributed by atoms with Crippen LogP contribution in [0.3, 0.4) is 0 Å². The fourth-order valence-corrected chi connectivity index (χ4v) is 2.84. The summed E-state index contributed by atoms with van der Waals surface area (Å²) in [6.07, 6.45) is 0. The number of hydrogen-bond acceptors (Lipinski definition) is 1. The molecule has 0 saturated heterocycles. The lowest BCUT2D eigenvalue weighted by atomic mass is 9.93. The molecule has 0 atom stereocenters. The van der Waals surface area contributed by atoms with E-state index in [1.807, 2.05) is 12.1 Å². The van der Waals surface area contributed by atoms with Crippen molar-refractivity contribution in [3.63, 3.8) is 0 Å². The molecule has 2 aromatic rings. The van der Waals surface area contributed by atoms with E-state index < -0.39 is 0 Å². The Balaban J connectivity index is 2.37. The van der Waals surface area contributed by atoms with Crippen molar-refractivity contribution in [2.45, 2.75) is 39.7 Å². The zero-order chi connectivity index (χ0) is 14.2. The molecular formula is C15H19BrN2O. The van der Waals surface area contributed by atoms with E-state index in [2.05, 4.69) is 60.9 Å². The number of nitrogens with zero attached hydrogens (tertiary/aromatic N) is 1. The minimum absolute atomic E-state index is 0.00880. The maximum Gasteiger partial charge on any atom is 0.281 e. The zero-order valence-corrected chi connectivity index (χ0v) is 13.3. The van der Waals surface area contributed by atoms with Crippen molar-refractivity contribution in [2.75, 3.05) is 0 Å². The van der Waals surface area contributed by atoms with Crippen molar-refractivity contribution in [3.8, 4) is 0 Å². The van der Waals surface area contributed by atoms with Gasteiger partial charge in [-0.05, 0) is 28.4 Å². The highest BCUT2D eigenvalue weighted by atomic mass is 79.9. The van der Waals surface area contributed by atoms with Crippen LogP contribution in [0.15, 0.2) is 33.5 Å². The molecule has 19 heavy (non-hydrogen) atoms. The highest BCUT2D eigenvalue weighted by molar-refractivity contribution is 9.10. The third-order valence-corrected chi connectivity index (χ3v) is 3.85. The number of H-pyrrole nitrogens is 1. The van der Waals surface area contributed by atoms with Crippen molar-refractivity contribution < 1.29 is 0 Å². The minimum Gasteiger partial charge on any atom is -0.298 e. The zero-order valence-electron chi connectivity index (χ0n) is 11.7. The Morgan fingerprint density at radius 1 is 1.21 bits per heavy atom. The fraction of sp³-hybridized carbons (Fsp3) is 0.400. The Bertz CT molecular complexity index is 630. The maximum atomic E-state index is 12.2. The second kappa shape index (κ2) is 5.00. The van der Waals surface area contributed by atoms with Crippen LogP contribution in [0.2, 0.25) is 0 Å². The molecule has 102 valence electrons. The molecule has 1 aromatic heterocycles. The van der Waals surface area contributed by atoms with Crippen LogP contribution in [0.5, 0.6) is 0 Å². The van der Waals surface area contributed by atoms with Gasteiger partial charge in [0.1, 0.15) is 4.47 Å². The van der Waals surface area contributed by atoms with Gasteiger partial charge >= 0.3 is 0 Å². The number of aromatic amines is 1. The Kier molecular flexibility index (Phi) is 3.72. The van der Waals surface area contributed by atoms with Crippen LogP contribution >= 0.6 is 15.9 Å². The summed E-state index contributed by atoms with van der Waals surface area (Å²) in [5.74, 6) is 0. The van der Waals surface area contributed by atoms with Crippen LogP contribution in [0.1, 0.15) is 37.6 Å². The second-order valence-electron chi connectivity index (χ2n) is 5.93. The number of aryl methyl sites for hydroxylation is 1. The second-order valence-corrected chi connectivity index (χ2v) is 6.72. The monoisotopic (exact) mass is 322 g/mol. The number of nitrogens with one attached hydrogen (secondary N) is 1. The van der Waals surface area contributed by atoms with Gasteiger partial charge in [0, 0.05) is 5.41 Å². The molecule has 1 aromatic carbocycles. The van der Waals surface area contributed by atoms with Crippen molar-refractivity contribution in [1.29, 1.82) is 0 Å². The van der Waals surface area contributed by atoms with Gasteiger partial charge in [0.05, 0.1) is 12.2 Å². The van der Waals surface area contributed by atoms with Gasteiger partial charge in [-0.25, -0.2) is 4.68 Å². The lowest BCUT2D eigenvalue weighted by molar-refractivity contribution is 0.541. The van der Waals surface area contributed by atoms with Gasteiger partial charge in [0.25, 0.3) is 5.56 Å². The first-order chi connectivity index (χ1) is 8.79. The first kappa shape index (κ1) is 14.1. The van der Waals surface area contributed by atoms with E-state index in [0.29, 0.717) is 11.0 Å². The number of hydrogen-bond donors (Lipinski definition) is 1. The predicted octanol–water partition coefficient (Wildman–Crippen LogP) is 3.59. The Morgan fingerprint density at radius 2 is 1.79 bits per heavy atom. The van der Waals surface area contributed by atoms with Crippen molar-refractivity contribution in [1.82, 2.24) is 9.78 Å². The summed E-state index contributed by atoms with van der Waals surface area (Å²) < 4.78 is 2.28. The number of aromatic nitrogens is 2. The maximum absolute atomic E-state index is 12.2. The van der Waals surface area contributed by atoms with Crippen LogP contribution in [0.25, 0.3) is 0 Å². The summed E-state index contributed by atoms with van der Waals surface area (Å²) in [4.78, 5) is 12.2. The first-order valence-corrected chi connectivity index (χ1v) is 7.12. The van der Waals surface area contributed by atoms with Crippen LogP contribution in [0, 0.1) is 6.92 Å². The quantitative estimate of drug-likeness (QED) is 0.901. The molecule has 0 radical (unpaired) electrons. The van der Waals surface area contributed by atoms with Gasteiger partial charge in [-0.2, -0.15) is 0 Å². The Labute approximate surface area is 121 Å². The van der Waals surface area contributed by atoms with E-state index in [9.17, 15) is 4.79 Å². The van der Waals surface area contributed by atoms with Gasteiger partial charge in [0.15, 0.2) is 0 Å². The van der Waals surface area contributed by atoms with Gasteiger partial charge < -0.3 is 0 Å². The lowest BCUT2D eigenvalue weighted by Crippen LogP contribution is -2.17. The minimum atomic E-state index is -0.0868. The molecule has 0 aliphatic heterocycles. The molecule has 3 nitrogen and oxygen atoms in total. The van der Waals surface area contributed by atoms with Crippen molar-refractivity contribution in [2.24, 2.45) is 0 Å². The molecule has 0 bridgehead atoms. The van der Waals surface area contributed by atoms with Gasteiger partial charge in [-0.15, -0.1) is 0 Å². The molecule has 0 unspecified atom stereocenters. The Morgan fingerprint density at radius 3 is 2.26 bits per heavy atom. The molecule has 0 amide bonds. The average Bonchev–Trinajstić information content (AvgIpc) is 2.60. The highest BCUT2D eigenvalue weighted by Gasteiger charge is 2.22. The van der Waals surface area contributed by atoms with Crippen LogP contribution in [-0.2, 0) is 12.0 Å². The topological polar surface area (TPSA) is 37.8 Å². The summed E-state index contributed by atoms with van der Waals surface area (Å²) in [5, 5.41) is 3.21. The number of benzene rings is 1. The SMILES string of the molecule is Cc1ccc(Cn2[nH]c(C(C)(C)C)c(Br)c2=O)cc1. The average molecular weight is 323 g/mol. The first-order valence-electron chi connectivity index (χ1n) is 6.33. The molecule has 2 rings (SSSR count). The van der Waals surface area contributed by atoms with E-state index >= 15 is 0 Å². The molecule has 1 N–H and O–H groups in total. The normalized spacial score (nSPS) is 11.8. The van der Waals surface area contributed by atoms with Crippen molar-refractivity contribution >= 4 is 15.9 Å². The summed E-state index contributed by atoms with van der Waals surface area (Å²) in [7, 11) is 0. The van der Waals surface area contributed by atoms with E-state index in [-0.39, 0.29) is 11.0 Å². The predicted molar refractivity (Wildman–Crippen MR) is 81.7 cm³/mol. The van der Waals surface area contributed by atoms with Gasteiger partial charge in [-0.1, -0.05) is 50.6 Å². The molecule has 0 fully saturated rings. The molecule has 0 spiro atoms. The van der Waals surface area contributed by atoms with Gasteiger partial charge in [-0.3, -0.25) is 9.89 Å². The van der Waals surface area contributed by atoms with Crippen LogP contribution in [0.4, 0.5) is 0 Å². The van der Waals surface area contributed by atoms with Crippen LogP contribution < -0.4 is 5.56 Å². The Hall–Kier alpha value is -1.29. The number of rotatable bonds is 2. The van der Waals surface area contributed by atoms with E-state index in [0.717, 1.165) is 11.3 Å². The highest BCUT2D eigenvalue weighted by Crippen LogP contribution is 2.25. The number of halogens is 1. The molecule has 0 aliphatic rings. The van der Waals surface area contributed by atoms with Gasteiger partial charge in [0.2, 0.25) is 0 Å². The summed E-state index contributed by atoms with van der Waals surface area (Å²) >= 11 is 3.40. The van der Waals surface area contributed by atoms with Crippen molar-refractivity contribution in [3.05, 3.63) is 55.9 Å². The third-order valence-electron chi connectivity index (χ3n) is 3.11. The van der Waals surface area contributed by atoms with E-state index in [4.69, 9.17) is 0 Å². The van der Waals surface area contributed by atoms with Crippen LogP contribution in [-0.4, -0.2) is 9.78 Å². The fourth-order valence-electron chi connectivity index (χ4n) is 1.94. The molecule has 1 heterocycles. The lowest BCUT2D eigenvalue weighted by Gasteiger charge is -2.16. The molecule has 4 heteroatoms. The third kappa shape index (κ3) is 3.00. The van der Waals surface area contributed by atoms with E-state index in [1.165, 1.54) is 5.56 Å². The summed E-state index contributed by atoms with van der Waals surface area (Å²) in [5.41, 5.74) is 3.17. The molecule has 0 aliphatic carbocycles. The molecular weight excluding hydrogens is 304 g/mol. The summed E-state index contributed by atoms with van der Waals surface area (Å²) in [6, 6.07) is 8.21. The largest absolute Gasteiger partial charge is 0.298 e. The smallest absolute Gasteiger partial charge is 0.281 e.